The van der Waals surface area contributed by atoms with Gasteiger partial charge in [0.1, 0.15) is 18.2 Å². The minimum Gasteiger partial charge on any atom is -0.492 e. The fraction of sp³-hybridized carbons (Fsp3) is 0.250. The molecule has 31 heavy (non-hydrogen) atoms. The number of nitrogens with zero attached hydrogens (tertiary/aromatic N) is 1. The highest BCUT2D eigenvalue weighted by Gasteiger charge is 2.28. The summed E-state index contributed by atoms with van der Waals surface area (Å²) in [6.07, 6.45) is 0. The van der Waals surface area contributed by atoms with Gasteiger partial charge in [0, 0.05) is 24.2 Å². The van der Waals surface area contributed by atoms with Gasteiger partial charge in [-0.05, 0) is 42.3 Å². The summed E-state index contributed by atoms with van der Waals surface area (Å²) < 4.78 is 53.1. The van der Waals surface area contributed by atoms with E-state index >= 15 is 0 Å². The van der Waals surface area contributed by atoms with Crippen molar-refractivity contribution in [2.45, 2.75) is 31.6 Å². The van der Waals surface area contributed by atoms with Crippen LogP contribution in [0.15, 0.2) is 71.6 Å². The number of hydrogen-bond donors (Lipinski definition) is 0. The maximum absolute atomic E-state index is 13.7. The standard InChI is InChI=1S/C24H24FNO4S/c1-18-6-2-5-9-24(18)31(27,28)26-12-13-30-23-11-10-19(14-21(23)15-26)16-29-17-20-7-3-4-8-22(20)25/h2-11,14H,12-13,15-17H2,1H3. The molecule has 0 saturated carbocycles. The van der Waals surface area contributed by atoms with Gasteiger partial charge in [-0.3, -0.25) is 0 Å². The third-order valence-corrected chi connectivity index (χ3v) is 7.27. The molecule has 162 valence electrons. The molecule has 0 fully saturated rings. The Hall–Kier alpha value is -2.74. The minimum atomic E-state index is -3.65. The largest absolute Gasteiger partial charge is 0.492 e. The quantitative estimate of drug-likeness (QED) is 0.568. The number of aryl methyl sites for hydroxylation is 1. The number of fused-ring (bicyclic) bond motifs is 1. The molecule has 0 saturated heterocycles. The molecule has 1 aliphatic heterocycles. The molecule has 0 aliphatic carbocycles. The van der Waals surface area contributed by atoms with Gasteiger partial charge in [0.15, 0.2) is 0 Å². The van der Waals surface area contributed by atoms with Crippen molar-refractivity contribution in [1.82, 2.24) is 4.31 Å². The summed E-state index contributed by atoms with van der Waals surface area (Å²) in [5.41, 5.74) is 2.86. The first-order valence-electron chi connectivity index (χ1n) is 10.1. The molecule has 0 bridgehead atoms. The normalized spacial score (nSPS) is 14.5. The predicted octanol–water partition coefficient (Wildman–Crippen LogP) is 4.43. The highest BCUT2D eigenvalue weighted by molar-refractivity contribution is 7.89. The van der Waals surface area contributed by atoms with Crippen LogP contribution in [-0.2, 0) is 34.5 Å². The molecular weight excluding hydrogens is 417 g/mol. The lowest BCUT2D eigenvalue weighted by atomic mass is 10.1. The third-order valence-electron chi connectivity index (χ3n) is 5.27. The summed E-state index contributed by atoms with van der Waals surface area (Å²) in [4.78, 5) is 0.308. The highest BCUT2D eigenvalue weighted by Crippen LogP contribution is 2.29. The molecule has 3 aromatic carbocycles. The van der Waals surface area contributed by atoms with E-state index in [1.165, 1.54) is 10.4 Å². The fourth-order valence-electron chi connectivity index (χ4n) is 3.60. The maximum Gasteiger partial charge on any atom is 0.243 e. The van der Waals surface area contributed by atoms with Crippen LogP contribution in [0.3, 0.4) is 0 Å². The zero-order valence-electron chi connectivity index (χ0n) is 17.3. The van der Waals surface area contributed by atoms with Crippen molar-refractivity contribution in [2.24, 2.45) is 0 Å². The lowest BCUT2D eigenvalue weighted by Gasteiger charge is -2.20. The van der Waals surface area contributed by atoms with E-state index in [-0.39, 0.29) is 38.7 Å². The van der Waals surface area contributed by atoms with E-state index in [0.717, 1.165) is 11.1 Å². The van der Waals surface area contributed by atoms with E-state index in [0.29, 0.717) is 21.8 Å². The van der Waals surface area contributed by atoms with Gasteiger partial charge in [0.05, 0.1) is 18.1 Å². The summed E-state index contributed by atoms with van der Waals surface area (Å²) in [5, 5.41) is 0. The van der Waals surface area contributed by atoms with E-state index in [1.807, 2.05) is 24.3 Å². The SMILES string of the molecule is Cc1ccccc1S(=O)(=O)N1CCOc2ccc(COCc3ccccc3F)cc2C1. The van der Waals surface area contributed by atoms with E-state index in [4.69, 9.17) is 9.47 Å². The Morgan fingerprint density at radius 2 is 1.81 bits per heavy atom. The van der Waals surface area contributed by atoms with Crippen LogP contribution in [0.1, 0.15) is 22.3 Å². The van der Waals surface area contributed by atoms with Gasteiger partial charge in [-0.25, -0.2) is 12.8 Å². The van der Waals surface area contributed by atoms with Gasteiger partial charge in [-0.2, -0.15) is 4.31 Å². The number of hydrogen-bond acceptors (Lipinski definition) is 4. The molecule has 4 rings (SSSR count). The molecule has 1 heterocycles. The first kappa shape index (κ1) is 21.5. The second kappa shape index (κ2) is 9.18. The van der Waals surface area contributed by atoms with Crippen molar-refractivity contribution in [3.63, 3.8) is 0 Å². The molecule has 1 aliphatic rings. The number of ether oxygens (including phenoxy) is 2. The highest BCUT2D eigenvalue weighted by atomic mass is 32.2. The Bertz CT molecular complexity index is 1180. The zero-order valence-corrected chi connectivity index (χ0v) is 18.1. The summed E-state index contributed by atoms with van der Waals surface area (Å²) in [6.45, 7) is 3.00. The number of benzene rings is 3. The Labute approximate surface area is 182 Å². The monoisotopic (exact) mass is 441 g/mol. The number of halogens is 1. The maximum atomic E-state index is 13.7. The topological polar surface area (TPSA) is 55.8 Å². The van der Waals surface area contributed by atoms with Crippen LogP contribution in [-0.4, -0.2) is 25.9 Å². The zero-order chi connectivity index (χ0) is 21.8. The number of rotatable bonds is 6. The van der Waals surface area contributed by atoms with E-state index < -0.39 is 10.0 Å². The minimum absolute atomic E-state index is 0.161. The Morgan fingerprint density at radius 3 is 2.61 bits per heavy atom. The molecule has 0 radical (unpaired) electrons. The number of sulfonamides is 1. The van der Waals surface area contributed by atoms with Crippen LogP contribution in [0.5, 0.6) is 5.75 Å². The van der Waals surface area contributed by atoms with Gasteiger partial charge in [-0.15, -0.1) is 0 Å². The first-order valence-corrected chi connectivity index (χ1v) is 11.5. The lowest BCUT2D eigenvalue weighted by Crippen LogP contribution is -2.33. The molecular formula is C24H24FNO4S. The summed E-state index contributed by atoms with van der Waals surface area (Å²) in [5.74, 6) is 0.371. The van der Waals surface area contributed by atoms with Crippen LogP contribution >= 0.6 is 0 Å². The molecule has 0 spiro atoms. The lowest BCUT2D eigenvalue weighted by molar-refractivity contribution is 0.105. The summed E-state index contributed by atoms with van der Waals surface area (Å²) in [6, 6.07) is 19.1. The fourth-order valence-corrected chi connectivity index (χ4v) is 5.23. The van der Waals surface area contributed by atoms with Gasteiger partial charge >= 0.3 is 0 Å². The van der Waals surface area contributed by atoms with E-state index in [2.05, 4.69) is 0 Å². The Balaban J connectivity index is 1.50. The van der Waals surface area contributed by atoms with Gasteiger partial charge in [0.25, 0.3) is 0 Å². The molecule has 0 aromatic heterocycles. The molecule has 0 atom stereocenters. The summed E-state index contributed by atoms with van der Waals surface area (Å²) >= 11 is 0. The van der Waals surface area contributed by atoms with Crippen molar-refractivity contribution < 1.29 is 22.3 Å². The van der Waals surface area contributed by atoms with Gasteiger partial charge in [0.2, 0.25) is 10.0 Å². The molecule has 3 aromatic rings. The smallest absolute Gasteiger partial charge is 0.243 e. The second-order valence-electron chi connectivity index (χ2n) is 7.48. The van der Waals surface area contributed by atoms with Crippen molar-refractivity contribution in [3.8, 4) is 5.75 Å². The Morgan fingerprint density at radius 1 is 1.03 bits per heavy atom. The first-order chi connectivity index (χ1) is 14.9. The molecule has 5 nitrogen and oxygen atoms in total. The van der Waals surface area contributed by atoms with E-state index in [1.54, 1.807) is 43.3 Å². The molecule has 0 amide bonds. The van der Waals surface area contributed by atoms with Crippen molar-refractivity contribution in [2.75, 3.05) is 13.2 Å². The van der Waals surface area contributed by atoms with Crippen LogP contribution in [0.25, 0.3) is 0 Å². The van der Waals surface area contributed by atoms with Gasteiger partial charge < -0.3 is 9.47 Å². The average molecular weight is 442 g/mol. The van der Waals surface area contributed by atoms with Crippen LogP contribution in [0, 0.1) is 12.7 Å². The van der Waals surface area contributed by atoms with Crippen LogP contribution in [0.2, 0.25) is 0 Å². The van der Waals surface area contributed by atoms with E-state index in [9.17, 15) is 12.8 Å². The van der Waals surface area contributed by atoms with Crippen LogP contribution < -0.4 is 4.74 Å². The van der Waals surface area contributed by atoms with Crippen molar-refractivity contribution in [3.05, 3.63) is 94.8 Å². The average Bonchev–Trinajstić information content (AvgIpc) is 2.98. The van der Waals surface area contributed by atoms with Crippen LogP contribution in [0.4, 0.5) is 4.39 Å². The second-order valence-corrected chi connectivity index (χ2v) is 9.39. The Kier molecular flexibility index (Phi) is 6.36. The van der Waals surface area contributed by atoms with Gasteiger partial charge in [-0.1, -0.05) is 42.5 Å². The molecule has 0 unspecified atom stereocenters. The van der Waals surface area contributed by atoms with Crippen molar-refractivity contribution >= 4 is 10.0 Å². The predicted molar refractivity (Wildman–Crippen MR) is 116 cm³/mol. The molecule has 0 N–H and O–H groups in total. The molecule has 7 heteroatoms. The van der Waals surface area contributed by atoms with Crippen molar-refractivity contribution in [1.29, 1.82) is 0 Å². The summed E-state index contributed by atoms with van der Waals surface area (Å²) in [7, 11) is -3.65. The third kappa shape index (κ3) is 4.79.